The first-order valence-electron chi connectivity index (χ1n) is 14.5. The van der Waals surface area contributed by atoms with E-state index < -0.39 is 11.6 Å². The lowest BCUT2D eigenvalue weighted by atomic mass is 9.83. The number of likely N-dealkylation sites (N-methyl/N-ethyl adjacent to an activating group) is 1. The van der Waals surface area contributed by atoms with Gasteiger partial charge in [0.2, 0.25) is 11.8 Å². The summed E-state index contributed by atoms with van der Waals surface area (Å²) in [6.07, 6.45) is 7.06. The average molecular weight is 564 g/mol. The van der Waals surface area contributed by atoms with Crippen LogP contribution in [0.3, 0.4) is 0 Å². The molecule has 2 fully saturated rings. The summed E-state index contributed by atoms with van der Waals surface area (Å²) < 4.78 is 0. The number of nitrogens with one attached hydrogen (secondary N) is 2. The van der Waals surface area contributed by atoms with Crippen molar-refractivity contribution in [2.75, 3.05) is 13.6 Å². The number of amides is 2. The minimum atomic E-state index is -1.09. The van der Waals surface area contributed by atoms with Gasteiger partial charge in [0.05, 0.1) is 29.0 Å². The summed E-state index contributed by atoms with van der Waals surface area (Å²) in [5, 5.41) is 20.7. The Morgan fingerprint density at radius 3 is 2.58 bits per heavy atom. The molecule has 1 saturated heterocycles. The Morgan fingerprint density at radius 2 is 1.85 bits per heavy atom. The number of aromatic nitrogens is 2. The van der Waals surface area contributed by atoms with Crippen LogP contribution in [0, 0.1) is 5.92 Å². The normalized spacial score (nSPS) is 20.0. The molecule has 3 aromatic rings. The number of likely N-dealkylation sites (tertiary alicyclic amines) is 1. The van der Waals surface area contributed by atoms with E-state index >= 15 is 0 Å². The van der Waals surface area contributed by atoms with Gasteiger partial charge in [0.1, 0.15) is 16.7 Å². The molecule has 2 amide bonds. The number of nitrogens with zero attached hydrogens (tertiary/aromatic N) is 3. The van der Waals surface area contributed by atoms with Crippen LogP contribution in [0.4, 0.5) is 0 Å². The number of fused-ring (bicyclic) bond motifs is 1. The van der Waals surface area contributed by atoms with Crippen LogP contribution in [0.2, 0.25) is 0 Å². The number of rotatable bonds is 8. The number of benzene rings is 1. The topological polar surface area (TPSA) is 107 Å². The van der Waals surface area contributed by atoms with Crippen LogP contribution >= 0.6 is 11.3 Å². The molecule has 5 rings (SSSR count). The SMILES string of the molecule is CN[C@@H](C)C(=O)N[C@H](C(=O)N1CCCC1c1nc(-c2cc(C(C)(C)O)nc3ccccc23)cs1)C1CCCCC1. The molecule has 1 aliphatic carbocycles. The molecular formula is C31H41N5O3S. The number of pyridine rings is 1. The van der Waals surface area contributed by atoms with E-state index in [4.69, 9.17) is 9.97 Å². The van der Waals surface area contributed by atoms with Crippen molar-refractivity contribution in [1.82, 2.24) is 25.5 Å². The lowest BCUT2D eigenvalue weighted by Crippen LogP contribution is -2.55. The van der Waals surface area contributed by atoms with Gasteiger partial charge >= 0.3 is 0 Å². The second kappa shape index (κ2) is 11.9. The molecule has 1 unspecified atom stereocenters. The van der Waals surface area contributed by atoms with Gasteiger partial charge in [-0.3, -0.25) is 9.59 Å². The third kappa shape index (κ3) is 5.92. The molecule has 1 aromatic carbocycles. The molecule has 1 aliphatic heterocycles. The molecule has 0 radical (unpaired) electrons. The number of carbonyl (C=O) groups is 2. The van der Waals surface area contributed by atoms with E-state index in [-0.39, 0.29) is 29.8 Å². The molecule has 0 spiro atoms. The number of thiazole rings is 1. The molecule has 0 bridgehead atoms. The Balaban J connectivity index is 1.44. The highest BCUT2D eigenvalue weighted by molar-refractivity contribution is 7.10. The first kappa shape index (κ1) is 28.6. The van der Waals surface area contributed by atoms with Crippen LogP contribution in [0.5, 0.6) is 0 Å². The highest BCUT2D eigenvalue weighted by atomic mass is 32.1. The lowest BCUT2D eigenvalue weighted by molar-refractivity contribution is -0.139. The second-order valence-corrected chi connectivity index (χ2v) is 12.7. The van der Waals surface area contributed by atoms with Gasteiger partial charge < -0.3 is 20.6 Å². The smallest absolute Gasteiger partial charge is 0.246 e. The van der Waals surface area contributed by atoms with Crippen molar-refractivity contribution >= 4 is 34.1 Å². The van der Waals surface area contributed by atoms with Gasteiger partial charge in [-0.05, 0) is 71.6 Å². The zero-order valence-corrected chi connectivity index (χ0v) is 24.8. The third-order valence-corrected chi connectivity index (χ3v) is 9.42. The molecule has 3 heterocycles. The summed E-state index contributed by atoms with van der Waals surface area (Å²) >= 11 is 1.57. The van der Waals surface area contributed by atoms with Crippen molar-refractivity contribution in [3.8, 4) is 11.3 Å². The quantitative estimate of drug-likeness (QED) is 0.359. The highest BCUT2D eigenvalue weighted by Gasteiger charge is 2.40. The van der Waals surface area contributed by atoms with Crippen LogP contribution < -0.4 is 10.6 Å². The zero-order chi connectivity index (χ0) is 28.4. The number of carbonyl (C=O) groups excluding carboxylic acids is 2. The van der Waals surface area contributed by atoms with E-state index in [2.05, 4.69) is 10.6 Å². The number of para-hydroxylation sites is 1. The van der Waals surface area contributed by atoms with Gasteiger partial charge in [-0.2, -0.15) is 0 Å². The molecule has 3 atom stereocenters. The van der Waals surface area contributed by atoms with E-state index in [1.54, 1.807) is 32.2 Å². The first-order chi connectivity index (χ1) is 19.2. The maximum Gasteiger partial charge on any atom is 0.246 e. The van der Waals surface area contributed by atoms with Gasteiger partial charge in [0, 0.05) is 22.9 Å². The lowest BCUT2D eigenvalue weighted by Gasteiger charge is -2.35. The van der Waals surface area contributed by atoms with E-state index in [0.717, 1.165) is 65.7 Å². The Bertz CT molecular complexity index is 1360. The van der Waals surface area contributed by atoms with Crippen molar-refractivity contribution in [2.24, 2.45) is 5.92 Å². The van der Waals surface area contributed by atoms with Crippen LogP contribution in [0.1, 0.15) is 82.5 Å². The summed E-state index contributed by atoms with van der Waals surface area (Å²) in [5.74, 6) is 0.0400. The molecule has 9 heteroatoms. The van der Waals surface area contributed by atoms with Gasteiger partial charge in [0.15, 0.2) is 0 Å². The van der Waals surface area contributed by atoms with Crippen LogP contribution in [0.25, 0.3) is 22.2 Å². The predicted molar refractivity (Wildman–Crippen MR) is 159 cm³/mol. The molecule has 1 saturated carbocycles. The maximum absolute atomic E-state index is 14.1. The Morgan fingerprint density at radius 1 is 1.10 bits per heavy atom. The predicted octanol–water partition coefficient (Wildman–Crippen LogP) is 4.92. The largest absolute Gasteiger partial charge is 0.384 e. The molecule has 2 aliphatic rings. The van der Waals surface area contributed by atoms with Crippen molar-refractivity contribution in [3.63, 3.8) is 0 Å². The molecule has 214 valence electrons. The van der Waals surface area contributed by atoms with E-state index in [1.165, 1.54) is 6.42 Å². The summed E-state index contributed by atoms with van der Waals surface area (Å²) in [5.41, 5.74) is 2.06. The Kier molecular flexibility index (Phi) is 8.54. The van der Waals surface area contributed by atoms with Crippen molar-refractivity contribution in [2.45, 2.75) is 89.4 Å². The standard InChI is InChI=1S/C31H41N5O3S/c1-19(32-4)28(37)35-27(20-11-6-5-7-12-20)30(38)36-16-10-15-25(36)29-34-24(18-40-29)22-17-26(31(2,3)39)33-23-14-9-8-13-21(22)23/h8-9,13-14,17-20,25,27,32,39H,5-7,10-12,15-16H2,1-4H3,(H,35,37)/t19-,25?,27-/m0/s1. The maximum atomic E-state index is 14.1. The number of hydrogen-bond donors (Lipinski definition) is 3. The Hall–Kier alpha value is -2.88. The monoisotopic (exact) mass is 563 g/mol. The van der Waals surface area contributed by atoms with E-state index in [1.807, 2.05) is 47.5 Å². The fourth-order valence-electron chi connectivity index (χ4n) is 5.99. The fraction of sp³-hybridized carbons (Fsp3) is 0.548. The molecule has 3 N–H and O–H groups in total. The molecule has 40 heavy (non-hydrogen) atoms. The van der Waals surface area contributed by atoms with E-state index in [0.29, 0.717) is 12.2 Å². The van der Waals surface area contributed by atoms with Gasteiger partial charge in [-0.1, -0.05) is 37.5 Å². The zero-order valence-electron chi connectivity index (χ0n) is 23.9. The van der Waals surface area contributed by atoms with Crippen LogP contribution in [-0.4, -0.2) is 57.5 Å². The Labute approximate surface area is 240 Å². The minimum absolute atomic E-state index is 0.0153. The summed E-state index contributed by atoms with van der Waals surface area (Å²) in [4.78, 5) is 38.7. The number of hydrogen-bond acceptors (Lipinski definition) is 7. The molecule has 2 aromatic heterocycles. The first-order valence-corrected chi connectivity index (χ1v) is 15.4. The summed E-state index contributed by atoms with van der Waals surface area (Å²) in [6, 6.07) is 8.85. The summed E-state index contributed by atoms with van der Waals surface area (Å²) in [7, 11) is 1.76. The van der Waals surface area contributed by atoms with E-state index in [9.17, 15) is 14.7 Å². The number of aliphatic hydroxyl groups is 1. The van der Waals surface area contributed by atoms with Crippen LogP contribution in [0.15, 0.2) is 35.7 Å². The van der Waals surface area contributed by atoms with Crippen molar-refractivity contribution in [3.05, 3.63) is 46.4 Å². The second-order valence-electron chi connectivity index (χ2n) is 11.8. The average Bonchev–Trinajstić information content (AvgIpc) is 3.64. The molecule has 8 nitrogen and oxygen atoms in total. The van der Waals surface area contributed by atoms with Crippen molar-refractivity contribution < 1.29 is 14.7 Å². The molecular weight excluding hydrogens is 522 g/mol. The van der Waals surface area contributed by atoms with Crippen molar-refractivity contribution in [1.29, 1.82) is 0 Å². The summed E-state index contributed by atoms with van der Waals surface area (Å²) in [6.45, 7) is 5.96. The van der Waals surface area contributed by atoms with Gasteiger partial charge in [-0.25, -0.2) is 9.97 Å². The fourth-order valence-corrected chi connectivity index (χ4v) is 6.95. The van der Waals surface area contributed by atoms with Gasteiger partial charge in [-0.15, -0.1) is 11.3 Å². The third-order valence-electron chi connectivity index (χ3n) is 8.47. The van der Waals surface area contributed by atoms with Gasteiger partial charge in [0.25, 0.3) is 0 Å². The minimum Gasteiger partial charge on any atom is -0.384 e. The highest BCUT2D eigenvalue weighted by Crippen LogP contribution is 2.39. The van der Waals surface area contributed by atoms with Crippen LogP contribution in [-0.2, 0) is 15.2 Å².